The molecule has 0 aliphatic carbocycles. The van der Waals surface area contributed by atoms with Crippen molar-refractivity contribution in [1.82, 2.24) is 9.62 Å². The molecule has 8 heteroatoms. The molecule has 1 fully saturated rings. The predicted octanol–water partition coefficient (Wildman–Crippen LogP) is 2.76. The average Bonchev–Trinajstić information content (AvgIpc) is 3.14. The van der Waals surface area contributed by atoms with Gasteiger partial charge >= 0.3 is 0 Å². The Morgan fingerprint density at radius 3 is 2.48 bits per heavy atom. The second-order valence-electron chi connectivity index (χ2n) is 5.93. The van der Waals surface area contributed by atoms with Crippen LogP contribution < -0.4 is 5.32 Å². The summed E-state index contributed by atoms with van der Waals surface area (Å²) in [6.07, 6.45) is 2.59. The minimum atomic E-state index is -3.51. The number of rotatable bonds is 5. The van der Waals surface area contributed by atoms with Crippen molar-refractivity contribution >= 4 is 31.9 Å². The van der Waals surface area contributed by atoms with E-state index in [1.807, 2.05) is 0 Å². The molecule has 0 bridgehead atoms. The number of hydrogen-bond donors (Lipinski definition) is 1. The van der Waals surface area contributed by atoms with Gasteiger partial charge in [0.15, 0.2) is 0 Å². The number of nitrogens with zero attached hydrogens (tertiary/aromatic N) is 1. The van der Waals surface area contributed by atoms with Gasteiger partial charge in [-0.2, -0.15) is 4.31 Å². The molecule has 1 aliphatic rings. The highest BCUT2D eigenvalue weighted by molar-refractivity contribution is 9.10. The van der Waals surface area contributed by atoms with Crippen molar-refractivity contribution in [3.63, 3.8) is 0 Å². The third-order valence-corrected chi connectivity index (χ3v) is 6.73. The van der Waals surface area contributed by atoms with E-state index in [2.05, 4.69) is 21.2 Å². The molecular formula is C17H19BrN2O4S. The first kappa shape index (κ1) is 18.2. The normalized spacial score (nSPS) is 16.7. The Bertz CT molecular complexity index is 811. The second-order valence-corrected chi connectivity index (χ2v) is 8.78. The fourth-order valence-electron chi connectivity index (χ4n) is 2.85. The van der Waals surface area contributed by atoms with Crippen LogP contribution in [0.2, 0.25) is 0 Å². The number of halogens is 1. The molecule has 6 nitrogen and oxygen atoms in total. The maximum atomic E-state index is 12.7. The highest BCUT2D eigenvalue weighted by atomic mass is 79.9. The van der Waals surface area contributed by atoms with Crippen molar-refractivity contribution in [2.24, 2.45) is 5.92 Å². The van der Waals surface area contributed by atoms with E-state index < -0.39 is 10.0 Å². The lowest BCUT2D eigenvalue weighted by Crippen LogP contribution is -2.42. The van der Waals surface area contributed by atoms with Crippen LogP contribution in [0.3, 0.4) is 0 Å². The molecule has 0 unspecified atom stereocenters. The number of piperidine rings is 1. The number of nitrogens with one attached hydrogen (secondary N) is 1. The third-order valence-electron chi connectivity index (χ3n) is 4.29. The first-order valence-electron chi connectivity index (χ1n) is 8.02. The lowest BCUT2D eigenvalue weighted by atomic mass is 9.97. The van der Waals surface area contributed by atoms with Crippen LogP contribution in [0, 0.1) is 5.92 Å². The Hall–Kier alpha value is -1.64. The van der Waals surface area contributed by atoms with Crippen molar-refractivity contribution < 1.29 is 17.6 Å². The van der Waals surface area contributed by atoms with Gasteiger partial charge in [-0.1, -0.05) is 15.9 Å². The summed E-state index contributed by atoms with van der Waals surface area (Å²) in [6, 6.07) is 10.2. The molecule has 3 rings (SSSR count). The van der Waals surface area contributed by atoms with Gasteiger partial charge in [-0.3, -0.25) is 4.79 Å². The summed E-state index contributed by atoms with van der Waals surface area (Å²) in [6.45, 7) is 1.04. The highest BCUT2D eigenvalue weighted by Crippen LogP contribution is 2.25. The summed E-state index contributed by atoms with van der Waals surface area (Å²) in [5.41, 5.74) is 0. The van der Waals surface area contributed by atoms with Gasteiger partial charge in [-0.05, 0) is 49.2 Å². The Morgan fingerprint density at radius 2 is 1.88 bits per heavy atom. The van der Waals surface area contributed by atoms with Crippen molar-refractivity contribution in [3.8, 4) is 0 Å². The topological polar surface area (TPSA) is 79.6 Å². The van der Waals surface area contributed by atoms with Crippen LogP contribution in [0.25, 0.3) is 0 Å². The number of hydrogen-bond acceptors (Lipinski definition) is 4. The van der Waals surface area contributed by atoms with Crippen LogP contribution in [-0.4, -0.2) is 31.7 Å². The molecule has 1 amide bonds. The molecule has 1 aromatic carbocycles. The molecule has 0 spiro atoms. The number of sulfonamides is 1. The van der Waals surface area contributed by atoms with E-state index in [1.165, 1.54) is 4.31 Å². The molecule has 2 heterocycles. The van der Waals surface area contributed by atoms with Crippen molar-refractivity contribution in [1.29, 1.82) is 0 Å². The molecule has 0 atom stereocenters. The zero-order chi connectivity index (χ0) is 17.9. The van der Waals surface area contributed by atoms with Crippen LogP contribution in [0.15, 0.2) is 56.4 Å². The summed E-state index contributed by atoms with van der Waals surface area (Å²) in [4.78, 5) is 12.5. The maximum absolute atomic E-state index is 12.7. The van der Waals surface area contributed by atoms with E-state index in [4.69, 9.17) is 4.42 Å². The van der Waals surface area contributed by atoms with Gasteiger partial charge in [0.2, 0.25) is 15.9 Å². The van der Waals surface area contributed by atoms with E-state index in [0.29, 0.717) is 38.2 Å². The van der Waals surface area contributed by atoms with Crippen LogP contribution in [-0.2, 0) is 21.4 Å². The standard InChI is InChI=1S/C17H19BrN2O4S/c18-14-3-5-16(6-4-14)25(22,23)20-9-7-13(8-10-20)17(21)19-12-15-2-1-11-24-15/h1-6,11,13H,7-10,12H2,(H,19,21). The van der Waals surface area contributed by atoms with Crippen LogP contribution in [0.4, 0.5) is 0 Å². The molecule has 2 aromatic rings. The summed E-state index contributed by atoms with van der Waals surface area (Å²) in [5, 5.41) is 2.84. The number of furan rings is 1. The molecular weight excluding hydrogens is 408 g/mol. The van der Waals surface area contributed by atoms with Gasteiger partial charge in [0.1, 0.15) is 5.76 Å². The Morgan fingerprint density at radius 1 is 1.20 bits per heavy atom. The van der Waals surface area contributed by atoms with Crippen molar-refractivity contribution in [3.05, 3.63) is 52.9 Å². The lowest BCUT2D eigenvalue weighted by molar-refractivity contribution is -0.126. The number of carbonyl (C=O) groups is 1. The molecule has 134 valence electrons. The number of benzene rings is 1. The highest BCUT2D eigenvalue weighted by Gasteiger charge is 2.32. The predicted molar refractivity (Wildman–Crippen MR) is 96.2 cm³/mol. The van der Waals surface area contributed by atoms with E-state index in [0.717, 1.165) is 4.47 Å². The maximum Gasteiger partial charge on any atom is 0.243 e. The average molecular weight is 427 g/mol. The lowest BCUT2D eigenvalue weighted by Gasteiger charge is -2.30. The van der Waals surface area contributed by atoms with Gasteiger partial charge in [-0.25, -0.2) is 8.42 Å². The second kappa shape index (κ2) is 7.72. The number of amides is 1. The van der Waals surface area contributed by atoms with Gasteiger partial charge in [0.25, 0.3) is 0 Å². The smallest absolute Gasteiger partial charge is 0.243 e. The van der Waals surface area contributed by atoms with Gasteiger partial charge in [-0.15, -0.1) is 0 Å². The molecule has 0 radical (unpaired) electrons. The summed E-state index contributed by atoms with van der Waals surface area (Å²) in [7, 11) is -3.51. The van der Waals surface area contributed by atoms with Gasteiger partial charge in [0.05, 0.1) is 17.7 Å². The molecule has 0 saturated carbocycles. The first-order chi connectivity index (χ1) is 12.0. The Kier molecular flexibility index (Phi) is 5.61. The van der Waals surface area contributed by atoms with Crippen LogP contribution >= 0.6 is 15.9 Å². The summed E-state index contributed by atoms with van der Waals surface area (Å²) >= 11 is 3.30. The molecule has 1 saturated heterocycles. The number of carbonyl (C=O) groups excluding carboxylic acids is 1. The molecule has 25 heavy (non-hydrogen) atoms. The van der Waals surface area contributed by atoms with E-state index in [9.17, 15) is 13.2 Å². The fourth-order valence-corrected chi connectivity index (χ4v) is 4.58. The quantitative estimate of drug-likeness (QED) is 0.796. The summed E-state index contributed by atoms with van der Waals surface area (Å²) in [5.74, 6) is 0.465. The summed E-state index contributed by atoms with van der Waals surface area (Å²) < 4.78 is 32.8. The monoisotopic (exact) mass is 426 g/mol. The van der Waals surface area contributed by atoms with Crippen LogP contribution in [0.5, 0.6) is 0 Å². The van der Waals surface area contributed by atoms with E-state index >= 15 is 0 Å². The zero-order valence-electron chi connectivity index (χ0n) is 13.5. The van der Waals surface area contributed by atoms with E-state index in [1.54, 1.807) is 42.7 Å². The van der Waals surface area contributed by atoms with E-state index in [-0.39, 0.29) is 16.7 Å². The largest absolute Gasteiger partial charge is 0.467 e. The minimum Gasteiger partial charge on any atom is -0.467 e. The van der Waals surface area contributed by atoms with Crippen molar-refractivity contribution in [2.45, 2.75) is 24.3 Å². The van der Waals surface area contributed by atoms with Gasteiger partial charge < -0.3 is 9.73 Å². The zero-order valence-corrected chi connectivity index (χ0v) is 15.9. The minimum absolute atomic E-state index is 0.0583. The Labute approximate surface area is 155 Å². The third kappa shape index (κ3) is 4.31. The Balaban J connectivity index is 1.55. The molecule has 1 N–H and O–H groups in total. The SMILES string of the molecule is O=C(NCc1ccco1)C1CCN(S(=O)(=O)c2ccc(Br)cc2)CC1. The fraction of sp³-hybridized carbons (Fsp3) is 0.353. The van der Waals surface area contributed by atoms with Gasteiger partial charge in [0, 0.05) is 23.5 Å². The first-order valence-corrected chi connectivity index (χ1v) is 10.3. The molecule has 1 aliphatic heterocycles. The van der Waals surface area contributed by atoms with Crippen molar-refractivity contribution in [2.75, 3.05) is 13.1 Å². The van der Waals surface area contributed by atoms with Crippen LogP contribution in [0.1, 0.15) is 18.6 Å². The molecule has 1 aromatic heterocycles.